The van der Waals surface area contributed by atoms with Crippen molar-refractivity contribution in [3.63, 3.8) is 0 Å². The third-order valence-corrected chi connectivity index (χ3v) is 3.07. The second-order valence-corrected chi connectivity index (χ2v) is 5.22. The molecule has 1 heterocycles. The topological polar surface area (TPSA) is 62.2 Å². The molecular weight excluding hydrogens is 212 g/mol. The number of carbonyl (C=O) groups is 1. The number of hydrogen-bond donors (Lipinski definition) is 2. The van der Waals surface area contributed by atoms with Crippen LogP contribution in [0.3, 0.4) is 0 Å². The molecule has 1 aliphatic carbocycles. The van der Waals surface area contributed by atoms with Crippen LogP contribution in [0.25, 0.3) is 0 Å². The molecule has 2 N–H and O–H groups in total. The lowest BCUT2D eigenvalue weighted by molar-refractivity contribution is -0.130. The summed E-state index contributed by atoms with van der Waals surface area (Å²) in [5.74, 6) is 0.174. The number of carbonyl (C=O) groups excluding carboxylic acids is 1. The molecule has 0 atom stereocenters. The van der Waals surface area contributed by atoms with Crippen molar-refractivity contribution in [2.75, 3.05) is 5.32 Å². The van der Waals surface area contributed by atoms with Gasteiger partial charge in [0.1, 0.15) is 5.60 Å². The Labute approximate surface area is 92.3 Å². The number of aromatic nitrogens is 1. The average Bonchev–Trinajstić information content (AvgIpc) is 2.87. The van der Waals surface area contributed by atoms with E-state index in [9.17, 15) is 9.90 Å². The molecule has 0 bridgehead atoms. The van der Waals surface area contributed by atoms with Gasteiger partial charge in [0.2, 0.25) is 0 Å². The number of thiazole rings is 1. The molecule has 0 aliphatic heterocycles. The first-order chi connectivity index (χ1) is 6.97. The molecule has 1 amide bonds. The fourth-order valence-corrected chi connectivity index (χ4v) is 1.95. The van der Waals surface area contributed by atoms with Gasteiger partial charge in [-0.05, 0) is 26.7 Å². The van der Waals surface area contributed by atoms with Crippen molar-refractivity contribution < 1.29 is 9.90 Å². The Morgan fingerprint density at radius 2 is 2.33 bits per heavy atom. The number of nitrogens with zero attached hydrogens (tertiary/aromatic N) is 1. The van der Waals surface area contributed by atoms with E-state index in [-0.39, 0.29) is 0 Å². The van der Waals surface area contributed by atoms with Gasteiger partial charge >= 0.3 is 0 Å². The minimum Gasteiger partial charge on any atom is -0.381 e. The van der Waals surface area contributed by atoms with Crippen molar-refractivity contribution in [2.45, 2.75) is 38.2 Å². The van der Waals surface area contributed by atoms with Crippen LogP contribution >= 0.6 is 11.3 Å². The Morgan fingerprint density at radius 3 is 2.87 bits per heavy atom. The molecule has 1 aromatic rings. The maximum Gasteiger partial charge on any atom is 0.257 e. The van der Waals surface area contributed by atoms with Crippen molar-refractivity contribution in [1.82, 2.24) is 4.98 Å². The number of aliphatic hydroxyl groups is 1. The SMILES string of the molecule is CC(C)(O)C(=O)Nc1nc(C2CC2)cs1. The molecule has 4 nitrogen and oxygen atoms in total. The average molecular weight is 226 g/mol. The summed E-state index contributed by atoms with van der Waals surface area (Å²) in [6.07, 6.45) is 2.39. The monoisotopic (exact) mass is 226 g/mol. The van der Waals surface area contributed by atoms with Crippen LogP contribution in [0, 0.1) is 0 Å². The van der Waals surface area contributed by atoms with Crippen LogP contribution in [0.5, 0.6) is 0 Å². The third-order valence-electron chi connectivity index (χ3n) is 2.29. The summed E-state index contributed by atoms with van der Waals surface area (Å²) in [7, 11) is 0. The molecule has 1 aliphatic rings. The van der Waals surface area contributed by atoms with Gasteiger partial charge in [0.05, 0.1) is 5.69 Å². The number of nitrogens with one attached hydrogen (secondary N) is 1. The van der Waals surface area contributed by atoms with Crippen molar-refractivity contribution in [3.05, 3.63) is 11.1 Å². The van der Waals surface area contributed by atoms with Gasteiger partial charge in [-0.3, -0.25) is 10.1 Å². The van der Waals surface area contributed by atoms with Gasteiger partial charge in [0.15, 0.2) is 5.13 Å². The Kier molecular flexibility index (Phi) is 2.52. The highest BCUT2D eigenvalue weighted by Crippen LogP contribution is 2.40. The van der Waals surface area contributed by atoms with Gasteiger partial charge < -0.3 is 5.11 Å². The van der Waals surface area contributed by atoms with E-state index in [1.54, 1.807) is 0 Å². The summed E-state index contributed by atoms with van der Waals surface area (Å²) >= 11 is 1.41. The van der Waals surface area contributed by atoms with Crippen LogP contribution in [0.15, 0.2) is 5.38 Å². The van der Waals surface area contributed by atoms with Crippen LogP contribution in [-0.4, -0.2) is 21.6 Å². The van der Waals surface area contributed by atoms with E-state index in [1.807, 2.05) is 5.38 Å². The number of anilines is 1. The normalized spacial score (nSPS) is 16.5. The molecule has 82 valence electrons. The van der Waals surface area contributed by atoms with E-state index in [0.717, 1.165) is 5.69 Å². The molecule has 0 radical (unpaired) electrons. The third kappa shape index (κ3) is 2.54. The van der Waals surface area contributed by atoms with E-state index in [4.69, 9.17) is 0 Å². The van der Waals surface area contributed by atoms with Crippen molar-refractivity contribution >= 4 is 22.4 Å². The van der Waals surface area contributed by atoms with Gasteiger partial charge in [-0.25, -0.2) is 4.98 Å². The molecule has 2 rings (SSSR count). The zero-order valence-electron chi connectivity index (χ0n) is 8.78. The Balaban J connectivity index is 2.01. The number of amides is 1. The second-order valence-electron chi connectivity index (χ2n) is 4.36. The van der Waals surface area contributed by atoms with Crippen molar-refractivity contribution in [3.8, 4) is 0 Å². The standard InChI is InChI=1S/C10H14N2O2S/c1-10(2,14)8(13)12-9-11-7(5-15-9)6-3-4-6/h5-6,14H,3-4H2,1-2H3,(H,11,12,13). The highest BCUT2D eigenvalue weighted by molar-refractivity contribution is 7.13. The lowest BCUT2D eigenvalue weighted by atomic mass is 10.1. The molecule has 0 aromatic carbocycles. The molecule has 0 saturated heterocycles. The molecule has 1 aromatic heterocycles. The summed E-state index contributed by atoms with van der Waals surface area (Å²) in [6, 6.07) is 0. The summed E-state index contributed by atoms with van der Waals surface area (Å²) in [6.45, 7) is 2.91. The van der Waals surface area contributed by atoms with E-state index >= 15 is 0 Å². The van der Waals surface area contributed by atoms with Gasteiger partial charge in [0.25, 0.3) is 5.91 Å². The molecular formula is C10H14N2O2S. The van der Waals surface area contributed by atoms with Crippen molar-refractivity contribution in [2.24, 2.45) is 0 Å². The molecule has 1 fully saturated rings. The predicted molar refractivity (Wildman–Crippen MR) is 59.0 cm³/mol. The van der Waals surface area contributed by atoms with E-state index in [0.29, 0.717) is 11.0 Å². The van der Waals surface area contributed by atoms with Crippen molar-refractivity contribution in [1.29, 1.82) is 0 Å². The van der Waals surface area contributed by atoms with Crippen LogP contribution < -0.4 is 5.32 Å². The zero-order valence-corrected chi connectivity index (χ0v) is 9.60. The molecule has 15 heavy (non-hydrogen) atoms. The molecule has 0 spiro atoms. The molecule has 1 saturated carbocycles. The Hall–Kier alpha value is -0.940. The zero-order chi connectivity index (χ0) is 11.1. The van der Waals surface area contributed by atoms with Gasteiger partial charge in [0, 0.05) is 11.3 Å². The maximum absolute atomic E-state index is 11.4. The smallest absolute Gasteiger partial charge is 0.257 e. The summed E-state index contributed by atoms with van der Waals surface area (Å²) in [5, 5.41) is 14.6. The fourth-order valence-electron chi connectivity index (χ4n) is 1.16. The highest BCUT2D eigenvalue weighted by atomic mass is 32.1. The maximum atomic E-state index is 11.4. The minimum absolute atomic E-state index is 0.417. The highest BCUT2D eigenvalue weighted by Gasteiger charge is 2.28. The predicted octanol–water partition coefficient (Wildman–Crippen LogP) is 1.73. The van der Waals surface area contributed by atoms with Crippen LogP contribution in [0.1, 0.15) is 38.3 Å². The molecule has 0 unspecified atom stereocenters. The Morgan fingerprint density at radius 1 is 1.67 bits per heavy atom. The summed E-state index contributed by atoms with van der Waals surface area (Å²) in [5.41, 5.74) is -0.295. The Bertz CT molecular complexity index is 377. The fraction of sp³-hybridized carbons (Fsp3) is 0.600. The van der Waals surface area contributed by atoms with E-state index in [2.05, 4.69) is 10.3 Å². The van der Waals surface area contributed by atoms with E-state index < -0.39 is 11.5 Å². The first-order valence-corrected chi connectivity index (χ1v) is 5.84. The summed E-state index contributed by atoms with van der Waals surface area (Å²) in [4.78, 5) is 15.7. The van der Waals surface area contributed by atoms with Gasteiger partial charge in [-0.2, -0.15) is 0 Å². The number of hydrogen-bond acceptors (Lipinski definition) is 4. The largest absolute Gasteiger partial charge is 0.381 e. The quantitative estimate of drug-likeness (QED) is 0.825. The van der Waals surface area contributed by atoms with Crippen LogP contribution in [0.4, 0.5) is 5.13 Å². The number of rotatable bonds is 3. The van der Waals surface area contributed by atoms with E-state index in [1.165, 1.54) is 38.0 Å². The van der Waals surface area contributed by atoms with Gasteiger partial charge in [-0.15, -0.1) is 11.3 Å². The lowest BCUT2D eigenvalue weighted by Crippen LogP contribution is -2.36. The summed E-state index contributed by atoms with van der Waals surface area (Å²) < 4.78 is 0. The lowest BCUT2D eigenvalue weighted by Gasteiger charge is -2.14. The molecule has 5 heteroatoms. The minimum atomic E-state index is -1.36. The van der Waals surface area contributed by atoms with Crippen LogP contribution in [0.2, 0.25) is 0 Å². The first kappa shape index (κ1) is 10.6. The first-order valence-electron chi connectivity index (χ1n) is 4.96. The van der Waals surface area contributed by atoms with Crippen LogP contribution in [-0.2, 0) is 4.79 Å². The van der Waals surface area contributed by atoms with Gasteiger partial charge in [-0.1, -0.05) is 0 Å². The second kappa shape index (κ2) is 3.57.